The Morgan fingerprint density at radius 1 is 1.06 bits per heavy atom. The summed E-state index contributed by atoms with van der Waals surface area (Å²) in [5, 5.41) is 0.716. The molecule has 0 unspecified atom stereocenters. The molecule has 88 valence electrons. The molecular formula is C14H14ClNO. The number of hydrogen-bond acceptors (Lipinski definition) is 2. The molecule has 0 aliphatic heterocycles. The number of halogens is 1. The minimum absolute atomic E-state index is 0.630. The zero-order valence-electron chi connectivity index (χ0n) is 9.40. The summed E-state index contributed by atoms with van der Waals surface area (Å²) in [7, 11) is 0. The predicted octanol–water partition coefficient (Wildman–Crippen LogP) is 3.54. The Bertz CT molecular complexity index is 482. The first-order chi connectivity index (χ1) is 8.24. The molecule has 2 N–H and O–H groups in total. The highest BCUT2D eigenvalue weighted by Gasteiger charge is 1.96. The summed E-state index contributed by atoms with van der Waals surface area (Å²) >= 11 is 5.79. The van der Waals surface area contributed by atoms with Gasteiger partial charge >= 0.3 is 0 Å². The minimum atomic E-state index is 0.630. The SMILES string of the molecule is Nc1cccc(CCOc2ccc(Cl)cc2)c1. The Morgan fingerprint density at radius 3 is 2.53 bits per heavy atom. The highest BCUT2D eigenvalue weighted by Crippen LogP contribution is 2.16. The molecule has 17 heavy (non-hydrogen) atoms. The first-order valence-electron chi connectivity index (χ1n) is 5.47. The number of ether oxygens (including phenoxy) is 1. The van der Waals surface area contributed by atoms with Gasteiger partial charge in [0.15, 0.2) is 0 Å². The van der Waals surface area contributed by atoms with Crippen LogP contribution < -0.4 is 10.5 Å². The number of rotatable bonds is 4. The molecule has 0 spiro atoms. The molecule has 0 heterocycles. The Hall–Kier alpha value is -1.67. The number of hydrogen-bond donors (Lipinski definition) is 1. The molecule has 0 amide bonds. The molecule has 0 aliphatic carbocycles. The van der Waals surface area contributed by atoms with Crippen molar-refractivity contribution in [3.63, 3.8) is 0 Å². The maximum Gasteiger partial charge on any atom is 0.119 e. The van der Waals surface area contributed by atoms with Crippen LogP contribution in [0, 0.1) is 0 Å². The average Bonchev–Trinajstić information content (AvgIpc) is 2.32. The summed E-state index contributed by atoms with van der Waals surface area (Å²) in [4.78, 5) is 0. The highest BCUT2D eigenvalue weighted by molar-refractivity contribution is 6.30. The molecule has 0 saturated heterocycles. The second kappa shape index (κ2) is 5.60. The fraction of sp³-hybridized carbons (Fsp3) is 0.143. The lowest BCUT2D eigenvalue weighted by molar-refractivity contribution is 0.322. The Morgan fingerprint density at radius 2 is 1.82 bits per heavy atom. The van der Waals surface area contributed by atoms with Gasteiger partial charge in [-0.05, 0) is 42.0 Å². The Labute approximate surface area is 106 Å². The van der Waals surface area contributed by atoms with E-state index in [1.807, 2.05) is 48.5 Å². The Balaban J connectivity index is 1.85. The second-order valence-corrected chi connectivity index (χ2v) is 4.23. The normalized spacial score (nSPS) is 10.2. The van der Waals surface area contributed by atoms with Crippen molar-refractivity contribution in [2.75, 3.05) is 12.3 Å². The van der Waals surface area contributed by atoms with Gasteiger partial charge in [0.25, 0.3) is 0 Å². The molecular weight excluding hydrogens is 234 g/mol. The molecule has 0 atom stereocenters. The first kappa shape index (κ1) is 11.8. The van der Waals surface area contributed by atoms with Crippen LogP contribution in [0.4, 0.5) is 5.69 Å². The van der Waals surface area contributed by atoms with Gasteiger partial charge in [-0.25, -0.2) is 0 Å². The lowest BCUT2D eigenvalue weighted by atomic mass is 10.1. The van der Waals surface area contributed by atoms with Gasteiger partial charge in [0.2, 0.25) is 0 Å². The van der Waals surface area contributed by atoms with Gasteiger partial charge in [0, 0.05) is 17.1 Å². The van der Waals surface area contributed by atoms with E-state index in [4.69, 9.17) is 22.1 Å². The van der Waals surface area contributed by atoms with E-state index in [1.54, 1.807) is 0 Å². The fourth-order valence-electron chi connectivity index (χ4n) is 1.57. The summed E-state index contributed by atoms with van der Waals surface area (Å²) in [5.41, 5.74) is 7.67. The third kappa shape index (κ3) is 3.68. The van der Waals surface area contributed by atoms with Gasteiger partial charge in [0.1, 0.15) is 5.75 Å². The van der Waals surface area contributed by atoms with E-state index in [0.717, 1.165) is 17.9 Å². The zero-order valence-corrected chi connectivity index (χ0v) is 10.2. The third-order valence-corrected chi connectivity index (χ3v) is 2.68. The second-order valence-electron chi connectivity index (χ2n) is 3.80. The topological polar surface area (TPSA) is 35.2 Å². The molecule has 0 aliphatic rings. The third-order valence-electron chi connectivity index (χ3n) is 2.42. The smallest absolute Gasteiger partial charge is 0.119 e. The van der Waals surface area contributed by atoms with Gasteiger partial charge in [-0.2, -0.15) is 0 Å². The van der Waals surface area contributed by atoms with Crippen molar-refractivity contribution in [1.29, 1.82) is 0 Å². The molecule has 0 aromatic heterocycles. The lowest BCUT2D eigenvalue weighted by Gasteiger charge is -2.06. The Kier molecular flexibility index (Phi) is 3.89. The summed E-state index contributed by atoms with van der Waals surface area (Å²) in [6.45, 7) is 0.630. The molecule has 0 saturated carbocycles. The van der Waals surface area contributed by atoms with E-state index in [1.165, 1.54) is 5.56 Å². The van der Waals surface area contributed by atoms with Gasteiger partial charge < -0.3 is 10.5 Å². The van der Waals surface area contributed by atoms with E-state index in [2.05, 4.69) is 0 Å². The number of benzene rings is 2. The van der Waals surface area contributed by atoms with Gasteiger partial charge in [-0.15, -0.1) is 0 Å². The summed E-state index contributed by atoms with van der Waals surface area (Å²) in [5.74, 6) is 0.832. The molecule has 3 heteroatoms. The summed E-state index contributed by atoms with van der Waals surface area (Å²) in [6.07, 6.45) is 0.841. The number of anilines is 1. The van der Waals surface area contributed by atoms with Crippen LogP contribution in [0.1, 0.15) is 5.56 Å². The number of nitrogens with two attached hydrogens (primary N) is 1. The van der Waals surface area contributed by atoms with E-state index in [9.17, 15) is 0 Å². The molecule has 2 rings (SSSR count). The molecule has 0 fully saturated rings. The standard InChI is InChI=1S/C14H14ClNO/c15-12-4-6-14(7-5-12)17-9-8-11-2-1-3-13(16)10-11/h1-7,10H,8-9,16H2. The van der Waals surface area contributed by atoms with Crippen LogP contribution in [0.5, 0.6) is 5.75 Å². The van der Waals surface area contributed by atoms with E-state index < -0.39 is 0 Å². The molecule has 0 radical (unpaired) electrons. The molecule has 2 nitrogen and oxygen atoms in total. The van der Waals surface area contributed by atoms with Gasteiger partial charge in [0.05, 0.1) is 6.61 Å². The van der Waals surface area contributed by atoms with Crippen molar-refractivity contribution in [1.82, 2.24) is 0 Å². The van der Waals surface area contributed by atoms with E-state index >= 15 is 0 Å². The van der Waals surface area contributed by atoms with Crippen LogP contribution in [0.2, 0.25) is 5.02 Å². The van der Waals surface area contributed by atoms with Crippen LogP contribution >= 0.6 is 11.6 Å². The van der Waals surface area contributed by atoms with Crippen molar-refractivity contribution in [2.24, 2.45) is 0 Å². The van der Waals surface area contributed by atoms with Crippen molar-refractivity contribution in [3.05, 3.63) is 59.1 Å². The fourth-order valence-corrected chi connectivity index (χ4v) is 1.69. The summed E-state index contributed by atoms with van der Waals surface area (Å²) < 4.78 is 5.61. The molecule has 2 aromatic rings. The van der Waals surface area contributed by atoms with E-state index in [-0.39, 0.29) is 0 Å². The first-order valence-corrected chi connectivity index (χ1v) is 5.84. The molecule has 0 bridgehead atoms. The molecule has 2 aromatic carbocycles. The maximum atomic E-state index is 5.79. The van der Waals surface area contributed by atoms with E-state index in [0.29, 0.717) is 11.6 Å². The monoisotopic (exact) mass is 247 g/mol. The lowest BCUT2D eigenvalue weighted by Crippen LogP contribution is -2.01. The summed E-state index contributed by atoms with van der Waals surface area (Å²) in [6, 6.07) is 15.2. The van der Waals surface area contributed by atoms with Crippen LogP contribution in [0.15, 0.2) is 48.5 Å². The van der Waals surface area contributed by atoms with Crippen LogP contribution in [0.25, 0.3) is 0 Å². The average molecular weight is 248 g/mol. The van der Waals surface area contributed by atoms with Crippen LogP contribution in [0.3, 0.4) is 0 Å². The maximum absolute atomic E-state index is 5.79. The van der Waals surface area contributed by atoms with Crippen molar-refractivity contribution >= 4 is 17.3 Å². The van der Waals surface area contributed by atoms with Crippen LogP contribution in [-0.4, -0.2) is 6.61 Å². The number of nitrogen functional groups attached to an aromatic ring is 1. The van der Waals surface area contributed by atoms with Crippen molar-refractivity contribution < 1.29 is 4.74 Å². The predicted molar refractivity (Wildman–Crippen MR) is 71.5 cm³/mol. The quantitative estimate of drug-likeness (QED) is 0.839. The minimum Gasteiger partial charge on any atom is -0.493 e. The van der Waals surface area contributed by atoms with Crippen molar-refractivity contribution in [3.8, 4) is 5.75 Å². The van der Waals surface area contributed by atoms with Gasteiger partial charge in [-0.3, -0.25) is 0 Å². The van der Waals surface area contributed by atoms with Crippen molar-refractivity contribution in [2.45, 2.75) is 6.42 Å². The highest BCUT2D eigenvalue weighted by atomic mass is 35.5. The van der Waals surface area contributed by atoms with Crippen LogP contribution in [-0.2, 0) is 6.42 Å². The van der Waals surface area contributed by atoms with Gasteiger partial charge in [-0.1, -0.05) is 23.7 Å². The zero-order chi connectivity index (χ0) is 12.1. The largest absolute Gasteiger partial charge is 0.493 e.